The summed E-state index contributed by atoms with van der Waals surface area (Å²) in [7, 11) is 0. The number of alkyl halides is 3. The molecule has 0 amide bonds. The highest BCUT2D eigenvalue weighted by Crippen LogP contribution is 2.35. The zero-order valence-electron chi connectivity index (χ0n) is 14.6. The van der Waals surface area contributed by atoms with Crippen molar-refractivity contribution in [2.24, 2.45) is 0 Å². The molecule has 6 heteroatoms. The minimum absolute atomic E-state index is 0.115. The van der Waals surface area contributed by atoms with E-state index in [2.05, 4.69) is 17.0 Å². The van der Waals surface area contributed by atoms with Gasteiger partial charge in [0.25, 0.3) is 0 Å². The van der Waals surface area contributed by atoms with E-state index in [9.17, 15) is 13.2 Å². The van der Waals surface area contributed by atoms with Crippen molar-refractivity contribution in [3.63, 3.8) is 0 Å². The summed E-state index contributed by atoms with van der Waals surface area (Å²) in [5, 5.41) is 0. The Balaban J connectivity index is 1.59. The summed E-state index contributed by atoms with van der Waals surface area (Å²) in [5.74, 6) is 0. The first-order chi connectivity index (χ1) is 13.0. The predicted octanol–water partition coefficient (Wildman–Crippen LogP) is 5.03. The lowest BCUT2D eigenvalue weighted by molar-refractivity contribution is -0.137. The zero-order valence-corrected chi connectivity index (χ0v) is 14.6. The Morgan fingerprint density at radius 2 is 1.70 bits per heavy atom. The third kappa shape index (κ3) is 3.77. The summed E-state index contributed by atoms with van der Waals surface area (Å²) in [6.45, 7) is 2.11. The number of aromatic nitrogens is 1. The molecule has 3 aromatic rings. The van der Waals surface area contributed by atoms with Crippen molar-refractivity contribution in [2.45, 2.75) is 18.9 Å². The molecule has 1 aliphatic rings. The maximum absolute atomic E-state index is 13.3. The fourth-order valence-corrected chi connectivity index (χ4v) is 3.44. The number of para-hydroxylation sites is 1. The smallest absolute Gasteiger partial charge is 0.357 e. The van der Waals surface area contributed by atoms with Crippen LogP contribution in [0.5, 0.6) is 0 Å². The van der Waals surface area contributed by atoms with Gasteiger partial charge in [0.05, 0.1) is 17.9 Å². The van der Waals surface area contributed by atoms with Crippen LogP contribution in [0, 0.1) is 0 Å². The van der Waals surface area contributed by atoms with Crippen LogP contribution < -0.4 is 0 Å². The van der Waals surface area contributed by atoms with E-state index in [0.717, 1.165) is 24.7 Å². The molecule has 27 heavy (non-hydrogen) atoms. The minimum atomic E-state index is -4.40. The molecular formula is C21H19F3N2O. The third-order valence-electron chi connectivity index (χ3n) is 4.70. The Morgan fingerprint density at radius 1 is 0.963 bits per heavy atom. The van der Waals surface area contributed by atoms with Crippen LogP contribution >= 0.6 is 0 Å². The fourth-order valence-electron chi connectivity index (χ4n) is 3.44. The quantitative estimate of drug-likeness (QED) is 0.639. The second-order valence-corrected chi connectivity index (χ2v) is 6.55. The highest BCUT2D eigenvalue weighted by atomic mass is 19.4. The van der Waals surface area contributed by atoms with E-state index < -0.39 is 11.7 Å². The van der Waals surface area contributed by atoms with Gasteiger partial charge in [0.1, 0.15) is 6.23 Å². The first-order valence-corrected chi connectivity index (χ1v) is 8.76. The van der Waals surface area contributed by atoms with Crippen molar-refractivity contribution in [3.8, 4) is 5.69 Å². The average Bonchev–Trinajstić information content (AvgIpc) is 3.31. The number of nitrogens with zero attached hydrogens (tertiary/aromatic N) is 2. The van der Waals surface area contributed by atoms with Crippen molar-refractivity contribution in [1.82, 2.24) is 9.47 Å². The molecule has 140 valence electrons. The first kappa shape index (κ1) is 17.8. The molecule has 3 nitrogen and oxygen atoms in total. The molecule has 1 saturated heterocycles. The standard InChI is InChI=1S/C21H19F3N2O/c22-21(23,24)18-8-4-5-9-19(18)25-11-10-17(15-25)20-26(12-13-27-20)14-16-6-2-1-3-7-16/h1-11,15,20H,12-14H2/t20-/m1/s1. The summed E-state index contributed by atoms with van der Waals surface area (Å²) < 4.78 is 47.3. The van der Waals surface area contributed by atoms with Crippen LogP contribution in [-0.2, 0) is 17.5 Å². The van der Waals surface area contributed by atoms with E-state index in [-0.39, 0.29) is 11.9 Å². The van der Waals surface area contributed by atoms with Gasteiger partial charge in [-0.15, -0.1) is 0 Å². The van der Waals surface area contributed by atoms with Gasteiger partial charge in [-0.1, -0.05) is 42.5 Å². The van der Waals surface area contributed by atoms with Crippen LogP contribution in [0.2, 0.25) is 0 Å². The lowest BCUT2D eigenvalue weighted by Crippen LogP contribution is -2.23. The van der Waals surface area contributed by atoms with Crippen LogP contribution in [0.4, 0.5) is 13.2 Å². The van der Waals surface area contributed by atoms with Gasteiger partial charge in [-0.05, 0) is 23.8 Å². The summed E-state index contributed by atoms with van der Waals surface area (Å²) in [5.41, 5.74) is 1.49. The van der Waals surface area contributed by atoms with E-state index in [0.29, 0.717) is 6.61 Å². The maximum Gasteiger partial charge on any atom is 0.418 e. The van der Waals surface area contributed by atoms with E-state index in [1.165, 1.54) is 22.3 Å². The van der Waals surface area contributed by atoms with Gasteiger partial charge in [0, 0.05) is 31.0 Å². The molecule has 0 bridgehead atoms. The molecule has 2 aromatic carbocycles. The Morgan fingerprint density at radius 3 is 2.48 bits per heavy atom. The highest BCUT2D eigenvalue weighted by Gasteiger charge is 2.34. The molecule has 4 rings (SSSR count). The fraction of sp³-hybridized carbons (Fsp3) is 0.238. The van der Waals surface area contributed by atoms with Crippen molar-refractivity contribution >= 4 is 0 Å². The summed E-state index contributed by atoms with van der Waals surface area (Å²) in [4.78, 5) is 2.19. The molecule has 0 radical (unpaired) electrons. The third-order valence-corrected chi connectivity index (χ3v) is 4.70. The molecule has 0 spiro atoms. The second-order valence-electron chi connectivity index (χ2n) is 6.55. The normalized spacial score (nSPS) is 18.1. The molecule has 1 aromatic heterocycles. The van der Waals surface area contributed by atoms with Gasteiger partial charge in [-0.3, -0.25) is 4.90 Å². The topological polar surface area (TPSA) is 17.4 Å². The lowest BCUT2D eigenvalue weighted by Gasteiger charge is -2.22. The molecule has 1 aliphatic heterocycles. The Labute approximate surface area is 155 Å². The minimum Gasteiger partial charge on any atom is -0.357 e. The van der Waals surface area contributed by atoms with Crippen LogP contribution in [0.3, 0.4) is 0 Å². The second kappa shape index (κ2) is 7.21. The lowest BCUT2D eigenvalue weighted by atomic mass is 10.1. The van der Waals surface area contributed by atoms with Gasteiger partial charge in [-0.2, -0.15) is 13.2 Å². The Bertz CT molecular complexity index is 905. The van der Waals surface area contributed by atoms with Gasteiger partial charge in [-0.25, -0.2) is 0 Å². The zero-order chi connectivity index (χ0) is 18.9. The highest BCUT2D eigenvalue weighted by molar-refractivity contribution is 5.44. The van der Waals surface area contributed by atoms with E-state index >= 15 is 0 Å². The molecule has 0 N–H and O–H groups in total. The van der Waals surface area contributed by atoms with E-state index in [1.54, 1.807) is 18.5 Å². The van der Waals surface area contributed by atoms with E-state index in [1.807, 2.05) is 24.3 Å². The Kier molecular flexibility index (Phi) is 4.76. The number of hydrogen-bond acceptors (Lipinski definition) is 2. The average molecular weight is 372 g/mol. The van der Waals surface area contributed by atoms with Crippen molar-refractivity contribution in [2.75, 3.05) is 13.2 Å². The molecule has 0 unspecified atom stereocenters. The number of hydrogen-bond donors (Lipinski definition) is 0. The van der Waals surface area contributed by atoms with Crippen molar-refractivity contribution in [1.29, 1.82) is 0 Å². The largest absolute Gasteiger partial charge is 0.418 e. The molecule has 0 aliphatic carbocycles. The number of benzene rings is 2. The monoisotopic (exact) mass is 372 g/mol. The van der Waals surface area contributed by atoms with Crippen molar-refractivity contribution < 1.29 is 17.9 Å². The molecule has 1 atom stereocenters. The van der Waals surface area contributed by atoms with Crippen LogP contribution in [0.1, 0.15) is 22.9 Å². The molecule has 1 fully saturated rings. The predicted molar refractivity (Wildman–Crippen MR) is 96.3 cm³/mol. The SMILES string of the molecule is FC(F)(F)c1ccccc1-n1ccc([C@H]2OCCN2Cc2ccccc2)c1. The maximum atomic E-state index is 13.3. The van der Waals surface area contributed by atoms with Crippen LogP contribution in [-0.4, -0.2) is 22.6 Å². The Hall–Kier alpha value is -2.57. The van der Waals surface area contributed by atoms with E-state index in [4.69, 9.17) is 4.74 Å². The molecule has 0 saturated carbocycles. The molecular weight excluding hydrogens is 353 g/mol. The number of rotatable bonds is 4. The van der Waals surface area contributed by atoms with Crippen LogP contribution in [0.15, 0.2) is 73.1 Å². The van der Waals surface area contributed by atoms with Gasteiger partial charge >= 0.3 is 6.18 Å². The number of halogens is 3. The van der Waals surface area contributed by atoms with Gasteiger partial charge in [0.15, 0.2) is 0 Å². The summed E-state index contributed by atoms with van der Waals surface area (Å²) in [6.07, 6.45) is -1.28. The van der Waals surface area contributed by atoms with Gasteiger partial charge in [0.2, 0.25) is 0 Å². The first-order valence-electron chi connectivity index (χ1n) is 8.76. The van der Waals surface area contributed by atoms with Gasteiger partial charge < -0.3 is 9.30 Å². The van der Waals surface area contributed by atoms with Crippen molar-refractivity contribution in [3.05, 3.63) is 89.7 Å². The molecule has 2 heterocycles. The van der Waals surface area contributed by atoms with Crippen LogP contribution in [0.25, 0.3) is 5.69 Å². The summed E-state index contributed by atoms with van der Waals surface area (Å²) >= 11 is 0. The summed E-state index contributed by atoms with van der Waals surface area (Å²) in [6, 6.07) is 17.5. The number of ether oxygens (including phenoxy) is 1.